The van der Waals surface area contributed by atoms with Crippen LogP contribution in [-0.2, 0) is 11.0 Å². The van der Waals surface area contributed by atoms with Gasteiger partial charge in [0.15, 0.2) is 6.10 Å². The number of alkyl halides is 3. The van der Waals surface area contributed by atoms with Crippen molar-refractivity contribution in [2.24, 2.45) is 22.7 Å². The summed E-state index contributed by atoms with van der Waals surface area (Å²) < 4.78 is 46.2. The van der Waals surface area contributed by atoms with Crippen LogP contribution in [0.15, 0.2) is 46.5 Å². The van der Waals surface area contributed by atoms with Gasteiger partial charge in [0.1, 0.15) is 5.75 Å². The quantitative estimate of drug-likeness (QED) is 0.442. The topological polar surface area (TPSA) is 50.7 Å². The monoisotopic (exact) mass is 464 g/mol. The maximum atomic E-state index is 13.5. The highest BCUT2D eigenvalue weighted by Gasteiger charge is 2.34. The first kappa shape index (κ1) is 26.7. The molecule has 0 radical (unpaired) electrons. The Labute approximate surface area is 195 Å². The van der Waals surface area contributed by atoms with Crippen LogP contribution in [-0.4, -0.2) is 31.8 Å². The van der Waals surface area contributed by atoms with Crippen molar-refractivity contribution >= 4 is 12.1 Å². The minimum absolute atomic E-state index is 0.00592. The molecule has 0 saturated carbocycles. The third-order valence-electron chi connectivity index (χ3n) is 5.66. The van der Waals surface area contributed by atoms with E-state index in [0.29, 0.717) is 24.8 Å². The predicted octanol–water partition coefficient (Wildman–Crippen LogP) is 6.21. The molecule has 0 heterocycles. The Hall–Kier alpha value is -2.57. The van der Waals surface area contributed by atoms with Gasteiger partial charge in [-0.1, -0.05) is 57.9 Å². The SMILES string of the molecule is CN=Cc1ccc(OC(CC(C)C)C(=O)NCC2=CC=C(C(C)C)C(C)C2)cc1C(F)(F)F. The average molecular weight is 465 g/mol. The highest BCUT2D eigenvalue weighted by molar-refractivity contribution is 5.83. The molecule has 1 aromatic carbocycles. The summed E-state index contributed by atoms with van der Waals surface area (Å²) in [6.07, 6.45) is 1.15. The van der Waals surface area contributed by atoms with Crippen molar-refractivity contribution in [1.29, 1.82) is 0 Å². The summed E-state index contributed by atoms with van der Waals surface area (Å²) in [6, 6.07) is 3.68. The fraction of sp³-hybridized carbons (Fsp3) is 0.538. The maximum Gasteiger partial charge on any atom is 0.417 e. The van der Waals surface area contributed by atoms with Crippen LogP contribution >= 0.6 is 0 Å². The van der Waals surface area contributed by atoms with Crippen LogP contribution in [0.3, 0.4) is 0 Å². The summed E-state index contributed by atoms with van der Waals surface area (Å²) in [7, 11) is 1.41. The maximum absolute atomic E-state index is 13.5. The first-order valence-electron chi connectivity index (χ1n) is 11.4. The normalized spacial score (nSPS) is 17.8. The number of hydrogen-bond acceptors (Lipinski definition) is 3. The number of nitrogens with one attached hydrogen (secondary N) is 1. The molecule has 1 N–H and O–H groups in total. The molecule has 1 aliphatic carbocycles. The predicted molar refractivity (Wildman–Crippen MR) is 127 cm³/mol. The summed E-state index contributed by atoms with van der Waals surface area (Å²) in [5.74, 6) is 0.693. The van der Waals surface area contributed by atoms with Crippen LogP contribution < -0.4 is 10.1 Å². The van der Waals surface area contributed by atoms with Gasteiger partial charge in [-0.25, -0.2) is 0 Å². The molecule has 182 valence electrons. The summed E-state index contributed by atoms with van der Waals surface area (Å²) in [4.78, 5) is 16.6. The summed E-state index contributed by atoms with van der Waals surface area (Å²) in [5, 5.41) is 2.91. The van der Waals surface area contributed by atoms with Gasteiger partial charge in [0, 0.05) is 25.4 Å². The number of benzene rings is 1. The molecular weight excluding hydrogens is 429 g/mol. The minimum Gasteiger partial charge on any atom is -0.481 e. The Morgan fingerprint density at radius 2 is 1.94 bits per heavy atom. The van der Waals surface area contributed by atoms with E-state index in [1.54, 1.807) is 0 Å². The van der Waals surface area contributed by atoms with Gasteiger partial charge in [-0.3, -0.25) is 9.79 Å². The molecule has 2 unspecified atom stereocenters. The second kappa shape index (κ2) is 11.5. The fourth-order valence-corrected chi connectivity index (χ4v) is 4.07. The standard InChI is InChI=1S/C26H35F3N2O2/c1-16(2)11-24(25(32)31-14-19-7-10-22(17(3)4)18(5)12-19)33-21-9-8-20(15-30-6)23(13-21)26(27,28)29/h7-10,13,15-18,24H,11-12,14H2,1-6H3,(H,31,32). The van der Waals surface area contributed by atoms with Crippen molar-refractivity contribution in [3.8, 4) is 5.75 Å². The second-order valence-electron chi connectivity index (χ2n) is 9.34. The lowest BCUT2D eigenvalue weighted by atomic mass is 9.83. The van der Waals surface area contributed by atoms with Crippen LogP contribution in [0.25, 0.3) is 0 Å². The minimum atomic E-state index is -4.56. The Balaban J connectivity index is 2.16. The molecule has 0 aliphatic heterocycles. The molecule has 0 saturated heterocycles. The van der Waals surface area contributed by atoms with E-state index in [9.17, 15) is 18.0 Å². The van der Waals surface area contributed by atoms with Crippen molar-refractivity contribution in [2.45, 2.75) is 59.7 Å². The molecular formula is C26H35F3N2O2. The van der Waals surface area contributed by atoms with Gasteiger partial charge < -0.3 is 10.1 Å². The van der Waals surface area contributed by atoms with Crippen LogP contribution in [0.4, 0.5) is 13.2 Å². The van der Waals surface area contributed by atoms with E-state index in [0.717, 1.165) is 24.3 Å². The van der Waals surface area contributed by atoms with Crippen molar-refractivity contribution in [3.63, 3.8) is 0 Å². The second-order valence-corrected chi connectivity index (χ2v) is 9.34. The fourth-order valence-electron chi connectivity index (χ4n) is 4.07. The van der Waals surface area contributed by atoms with E-state index in [4.69, 9.17) is 4.74 Å². The zero-order valence-corrected chi connectivity index (χ0v) is 20.3. The van der Waals surface area contributed by atoms with Crippen molar-refractivity contribution in [2.75, 3.05) is 13.6 Å². The van der Waals surface area contributed by atoms with Gasteiger partial charge in [0.2, 0.25) is 0 Å². The van der Waals surface area contributed by atoms with E-state index in [-0.39, 0.29) is 23.1 Å². The number of carbonyl (C=O) groups excluding carboxylic acids is 1. The number of aliphatic imine (C=N–C) groups is 1. The summed E-state index contributed by atoms with van der Waals surface area (Å²) in [5.41, 5.74) is 1.62. The Morgan fingerprint density at radius 3 is 2.48 bits per heavy atom. The number of halogens is 3. The van der Waals surface area contributed by atoms with E-state index in [1.165, 1.54) is 24.8 Å². The molecule has 2 rings (SSSR count). The molecule has 4 nitrogen and oxygen atoms in total. The van der Waals surface area contributed by atoms with Gasteiger partial charge in [0.25, 0.3) is 5.91 Å². The van der Waals surface area contributed by atoms with Gasteiger partial charge in [-0.15, -0.1) is 0 Å². The van der Waals surface area contributed by atoms with E-state index >= 15 is 0 Å². The molecule has 1 amide bonds. The smallest absolute Gasteiger partial charge is 0.417 e. The van der Waals surface area contributed by atoms with Crippen LogP contribution in [0.1, 0.15) is 58.6 Å². The lowest BCUT2D eigenvalue weighted by molar-refractivity contribution is -0.137. The summed E-state index contributed by atoms with van der Waals surface area (Å²) in [6.45, 7) is 10.8. The molecule has 2 atom stereocenters. The van der Waals surface area contributed by atoms with Gasteiger partial charge in [0.05, 0.1) is 5.56 Å². The lowest BCUT2D eigenvalue weighted by Crippen LogP contribution is -2.40. The molecule has 0 spiro atoms. The van der Waals surface area contributed by atoms with Crippen molar-refractivity contribution < 1.29 is 22.7 Å². The number of nitrogens with zero attached hydrogens (tertiary/aromatic N) is 1. The van der Waals surface area contributed by atoms with E-state index < -0.39 is 17.8 Å². The number of carbonyl (C=O) groups is 1. The highest BCUT2D eigenvalue weighted by Crippen LogP contribution is 2.34. The Bertz CT molecular complexity index is 915. The lowest BCUT2D eigenvalue weighted by Gasteiger charge is -2.25. The third kappa shape index (κ3) is 7.76. The van der Waals surface area contributed by atoms with Crippen LogP contribution in [0.5, 0.6) is 5.75 Å². The average Bonchev–Trinajstić information content (AvgIpc) is 2.71. The first-order valence-corrected chi connectivity index (χ1v) is 11.4. The largest absolute Gasteiger partial charge is 0.481 e. The number of hydrogen-bond donors (Lipinski definition) is 1. The molecule has 0 bridgehead atoms. The zero-order valence-electron chi connectivity index (χ0n) is 20.3. The van der Waals surface area contributed by atoms with Gasteiger partial charge >= 0.3 is 6.18 Å². The third-order valence-corrected chi connectivity index (χ3v) is 5.66. The molecule has 0 aromatic heterocycles. The van der Waals surface area contributed by atoms with Crippen LogP contribution in [0, 0.1) is 17.8 Å². The van der Waals surface area contributed by atoms with Crippen molar-refractivity contribution in [3.05, 3.63) is 52.6 Å². The number of amides is 1. The molecule has 1 aliphatic rings. The molecule has 33 heavy (non-hydrogen) atoms. The highest BCUT2D eigenvalue weighted by atomic mass is 19.4. The summed E-state index contributed by atoms with van der Waals surface area (Å²) >= 11 is 0. The molecule has 1 aromatic rings. The van der Waals surface area contributed by atoms with E-state index in [2.05, 4.69) is 43.2 Å². The Kier molecular flexibility index (Phi) is 9.32. The number of allylic oxidation sites excluding steroid dienone is 3. The van der Waals surface area contributed by atoms with Crippen LogP contribution in [0.2, 0.25) is 0 Å². The molecule has 0 fully saturated rings. The van der Waals surface area contributed by atoms with Gasteiger partial charge in [-0.2, -0.15) is 13.2 Å². The number of rotatable bonds is 9. The van der Waals surface area contributed by atoms with E-state index in [1.807, 2.05) is 13.8 Å². The van der Waals surface area contributed by atoms with Crippen molar-refractivity contribution in [1.82, 2.24) is 5.32 Å². The first-order chi connectivity index (χ1) is 15.4. The zero-order chi connectivity index (χ0) is 24.8. The molecule has 7 heteroatoms. The van der Waals surface area contributed by atoms with Gasteiger partial charge in [-0.05, 0) is 48.8 Å². The Morgan fingerprint density at radius 1 is 1.24 bits per heavy atom. The number of ether oxygens (including phenoxy) is 1.